The van der Waals surface area contributed by atoms with Gasteiger partial charge in [0, 0.05) is 24.8 Å². The maximum Gasteiger partial charge on any atom is 0.160 e. The number of nitrogens with zero attached hydrogens (tertiary/aromatic N) is 1. The van der Waals surface area contributed by atoms with Crippen LogP contribution in [0.3, 0.4) is 0 Å². The maximum atomic E-state index is 9.96. The summed E-state index contributed by atoms with van der Waals surface area (Å²) in [5.41, 5.74) is 4.98. The van der Waals surface area contributed by atoms with Crippen LogP contribution in [0.15, 0.2) is 36.4 Å². The van der Waals surface area contributed by atoms with Crippen molar-refractivity contribution < 1.29 is 9.84 Å². The second-order valence-electron chi connectivity index (χ2n) is 7.02. The van der Waals surface area contributed by atoms with E-state index in [4.69, 9.17) is 4.74 Å². The quantitative estimate of drug-likeness (QED) is 0.860. The number of ether oxygens (including phenoxy) is 1. The summed E-state index contributed by atoms with van der Waals surface area (Å²) in [6, 6.07) is 12.7. The molecule has 0 amide bonds. The zero-order valence-corrected chi connectivity index (χ0v) is 15.4. The van der Waals surface area contributed by atoms with Gasteiger partial charge in [0.2, 0.25) is 0 Å². The van der Waals surface area contributed by atoms with Gasteiger partial charge >= 0.3 is 0 Å². The Labute approximate surface area is 150 Å². The Hall–Kier alpha value is -2.20. The van der Waals surface area contributed by atoms with Gasteiger partial charge < -0.3 is 15.2 Å². The molecule has 1 atom stereocenters. The van der Waals surface area contributed by atoms with Crippen molar-refractivity contribution in [3.8, 4) is 11.5 Å². The first kappa shape index (κ1) is 17.6. The van der Waals surface area contributed by atoms with E-state index in [-0.39, 0.29) is 5.75 Å². The first-order valence-electron chi connectivity index (χ1n) is 8.97. The van der Waals surface area contributed by atoms with Gasteiger partial charge in [-0.25, -0.2) is 0 Å². The van der Waals surface area contributed by atoms with Crippen LogP contribution in [0.1, 0.15) is 29.5 Å². The van der Waals surface area contributed by atoms with E-state index in [1.165, 1.54) is 29.7 Å². The molecule has 0 aromatic heterocycles. The molecule has 2 aromatic carbocycles. The third kappa shape index (κ3) is 4.45. The number of nitrogens with one attached hydrogen (secondary N) is 1. The van der Waals surface area contributed by atoms with Gasteiger partial charge in [0.15, 0.2) is 11.5 Å². The predicted molar refractivity (Wildman–Crippen MR) is 102 cm³/mol. The van der Waals surface area contributed by atoms with Crippen molar-refractivity contribution >= 4 is 5.69 Å². The normalized spacial score (nSPS) is 18.1. The molecule has 1 aliphatic rings. The zero-order chi connectivity index (χ0) is 17.8. The summed E-state index contributed by atoms with van der Waals surface area (Å²) in [5, 5.41) is 13.6. The Morgan fingerprint density at radius 2 is 2.00 bits per heavy atom. The number of aryl methyl sites for hydroxylation is 2. The van der Waals surface area contributed by atoms with Crippen LogP contribution in [0.25, 0.3) is 0 Å². The van der Waals surface area contributed by atoms with Gasteiger partial charge in [-0.3, -0.25) is 4.90 Å². The van der Waals surface area contributed by atoms with Crippen LogP contribution < -0.4 is 10.1 Å². The highest BCUT2D eigenvalue weighted by Gasteiger charge is 2.20. The molecule has 0 unspecified atom stereocenters. The van der Waals surface area contributed by atoms with E-state index < -0.39 is 0 Å². The molecule has 2 N–H and O–H groups in total. The molecule has 0 aliphatic carbocycles. The molecule has 1 aliphatic heterocycles. The number of hydrogen-bond donors (Lipinski definition) is 2. The van der Waals surface area contributed by atoms with Crippen molar-refractivity contribution in [2.45, 2.75) is 39.3 Å². The van der Waals surface area contributed by atoms with Crippen molar-refractivity contribution in [3.05, 3.63) is 53.1 Å². The van der Waals surface area contributed by atoms with E-state index >= 15 is 0 Å². The monoisotopic (exact) mass is 340 g/mol. The lowest BCUT2D eigenvalue weighted by Crippen LogP contribution is -2.41. The molecule has 134 valence electrons. The molecule has 0 radical (unpaired) electrons. The summed E-state index contributed by atoms with van der Waals surface area (Å²) in [5.74, 6) is 0.735. The molecule has 4 heteroatoms. The van der Waals surface area contributed by atoms with E-state index in [9.17, 15) is 5.11 Å². The summed E-state index contributed by atoms with van der Waals surface area (Å²) in [6.45, 7) is 7.26. The zero-order valence-electron chi connectivity index (χ0n) is 15.4. The Morgan fingerprint density at radius 1 is 1.16 bits per heavy atom. The van der Waals surface area contributed by atoms with Gasteiger partial charge in [-0.05, 0) is 74.2 Å². The average molecular weight is 340 g/mol. The van der Waals surface area contributed by atoms with Gasteiger partial charge in [0.05, 0.1) is 7.11 Å². The second-order valence-corrected chi connectivity index (χ2v) is 7.02. The Balaban J connectivity index is 1.61. The third-order valence-corrected chi connectivity index (χ3v) is 5.03. The fraction of sp³-hybridized carbons (Fsp3) is 0.429. The van der Waals surface area contributed by atoms with Crippen LogP contribution in [0.2, 0.25) is 0 Å². The standard InChI is InChI=1S/C21H28N2O2/c1-15-6-8-18(11-16(15)2)22-19-5-4-10-23(14-19)13-17-7-9-21(25-3)20(24)12-17/h6-9,11-12,19,22,24H,4-5,10,13-14H2,1-3H3/t19-/m0/s1. The summed E-state index contributed by atoms with van der Waals surface area (Å²) >= 11 is 0. The average Bonchev–Trinajstić information content (AvgIpc) is 2.59. The first-order chi connectivity index (χ1) is 12.0. The second kappa shape index (κ2) is 7.79. The fourth-order valence-electron chi connectivity index (χ4n) is 3.48. The Morgan fingerprint density at radius 3 is 2.72 bits per heavy atom. The number of phenolic OH excluding ortho intramolecular Hbond substituents is 1. The lowest BCUT2D eigenvalue weighted by atomic mass is 10.0. The van der Waals surface area contributed by atoms with E-state index in [1.54, 1.807) is 13.2 Å². The molecular weight excluding hydrogens is 312 g/mol. The highest BCUT2D eigenvalue weighted by atomic mass is 16.5. The number of aromatic hydroxyl groups is 1. The first-order valence-corrected chi connectivity index (χ1v) is 8.97. The molecule has 1 fully saturated rings. The largest absolute Gasteiger partial charge is 0.504 e. The minimum absolute atomic E-state index is 0.210. The minimum Gasteiger partial charge on any atom is -0.504 e. The molecule has 0 spiro atoms. The van der Waals surface area contributed by atoms with Crippen molar-refractivity contribution in [1.82, 2.24) is 4.90 Å². The van der Waals surface area contributed by atoms with Crippen molar-refractivity contribution in [1.29, 1.82) is 0 Å². The Bertz CT molecular complexity index is 730. The van der Waals surface area contributed by atoms with E-state index in [0.29, 0.717) is 11.8 Å². The highest BCUT2D eigenvalue weighted by Crippen LogP contribution is 2.27. The summed E-state index contributed by atoms with van der Waals surface area (Å²) < 4.78 is 5.12. The van der Waals surface area contributed by atoms with Crippen LogP contribution in [0.4, 0.5) is 5.69 Å². The number of piperidine rings is 1. The number of methoxy groups -OCH3 is 1. The van der Waals surface area contributed by atoms with E-state index in [2.05, 4.69) is 42.3 Å². The number of likely N-dealkylation sites (tertiary alicyclic amines) is 1. The number of anilines is 1. The van der Waals surface area contributed by atoms with Gasteiger partial charge in [-0.1, -0.05) is 12.1 Å². The molecule has 4 nitrogen and oxygen atoms in total. The molecule has 1 saturated heterocycles. The van der Waals surface area contributed by atoms with Crippen LogP contribution in [0, 0.1) is 13.8 Å². The molecule has 2 aromatic rings. The molecule has 0 bridgehead atoms. The van der Waals surface area contributed by atoms with E-state index in [0.717, 1.165) is 25.2 Å². The minimum atomic E-state index is 0.210. The number of hydrogen-bond acceptors (Lipinski definition) is 4. The molecule has 0 saturated carbocycles. The maximum absolute atomic E-state index is 9.96. The van der Waals surface area contributed by atoms with Crippen LogP contribution in [-0.4, -0.2) is 36.2 Å². The molecule has 25 heavy (non-hydrogen) atoms. The molecule has 1 heterocycles. The van der Waals surface area contributed by atoms with E-state index in [1.807, 2.05) is 12.1 Å². The van der Waals surface area contributed by atoms with Gasteiger partial charge in [-0.15, -0.1) is 0 Å². The molecular formula is C21H28N2O2. The Kier molecular flexibility index (Phi) is 5.49. The summed E-state index contributed by atoms with van der Waals surface area (Å²) in [7, 11) is 1.57. The number of phenols is 1. The predicted octanol–water partition coefficient (Wildman–Crippen LogP) is 4.09. The van der Waals surface area contributed by atoms with Crippen molar-refractivity contribution in [2.24, 2.45) is 0 Å². The van der Waals surface area contributed by atoms with Gasteiger partial charge in [-0.2, -0.15) is 0 Å². The van der Waals surface area contributed by atoms with Gasteiger partial charge in [0.1, 0.15) is 0 Å². The van der Waals surface area contributed by atoms with Crippen molar-refractivity contribution in [3.63, 3.8) is 0 Å². The van der Waals surface area contributed by atoms with Crippen molar-refractivity contribution in [2.75, 3.05) is 25.5 Å². The topological polar surface area (TPSA) is 44.7 Å². The smallest absolute Gasteiger partial charge is 0.160 e. The lowest BCUT2D eigenvalue weighted by molar-refractivity contribution is 0.208. The number of rotatable bonds is 5. The SMILES string of the molecule is COc1ccc(CN2CCC[C@H](Nc3ccc(C)c(C)c3)C2)cc1O. The molecule has 3 rings (SSSR count). The summed E-state index contributed by atoms with van der Waals surface area (Å²) in [4.78, 5) is 2.45. The highest BCUT2D eigenvalue weighted by molar-refractivity contribution is 5.49. The fourth-order valence-corrected chi connectivity index (χ4v) is 3.48. The number of benzene rings is 2. The van der Waals surface area contributed by atoms with Crippen LogP contribution >= 0.6 is 0 Å². The summed E-state index contributed by atoms with van der Waals surface area (Å²) in [6.07, 6.45) is 2.38. The van der Waals surface area contributed by atoms with Gasteiger partial charge in [0.25, 0.3) is 0 Å². The van der Waals surface area contributed by atoms with Crippen LogP contribution in [0.5, 0.6) is 11.5 Å². The lowest BCUT2D eigenvalue weighted by Gasteiger charge is -2.34. The third-order valence-electron chi connectivity index (χ3n) is 5.03. The van der Waals surface area contributed by atoms with Crippen LogP contribution in [-0.2, 0) is 6.54 Å².